The van der Waals surface area contributed by atoms with Crippen LogP contribution in [0.5, 0.6) is 0 Å². The highest BCUT2D eigenvalue weighted by molar-refractivity contribution is 5.01. The van der Waals surface area contributed by atoms with Gasteiger partial charge in [0.15, 0.2) is 0 Å². The molecule has 0 spiro atoms. The molecular weight excluding hydrogens is 290 g/mol. The summed E-state index contributed by atoms with van der Waals surface area (Å²) in [5.74, 6) is 5.08. The van der Waals surface area contributed by atoms with Crippen LogP contribution < -0.4 is 0 Å². The van der Waals surface area contributed by atoms with Gasteiger partial charge in [0, 0.05) is 0 Å². The van der Waals surface area contributed by atoms with E-state index in [0.717, 1.165) is 36.0 Å². The van der Waals surface area contributed by atoms with Crippen molar-refractivity contribution >= 4 is 0 Å². The third-order valence-electron chi connectivity index (χ3n) is 8.52. The van der Waals surface area contributed by atoms with Gasteiger partial charge in [-0.2, -0.15) is 5.26 Å². The Hall–Kier alpha value is -0.510. The van der Waals surface area contributed by atoms with Crippen LogP contribution in [-0.2, 0) is 0 Å². The summed E-state index contributed by atoms with van der Waals surface area (Å²) in [4.78, 5) is 0. The van der Waals surface area contributed by atoms with E-state index in [-0.39, 0.29) is 5.41 Å². The second-order valence-corrected chi connectivity index (χ2v) is 9.45. The summed E-state index contributed by atoms with van der Waals surface area (Å²) in [5.41, 5.74) is 0.0334. The molecule has 0 saturated heterocycles. The Morgan fingerprint density at radius 2 is 1.12 bits per heavy atom. The number of nitriles is 1. The lowest BCUT2D eigenvalue weighted by atomic mass is 9.62. The predicted octanol–water partition coefficient (Wildman–Crippen LogP) is 7.12. The second-order valence-electron chi connectivity index (χ2n) is 9.45. The largest absolute Gasteiger partial charge is 0.198 e. The second kappa shape index (κ2) is 8.25. The molecule has 3 saturated carbocycles. The molecule has 24 heavy (non-hydrogen) atoms. The van der Waals surface area contributed by atoms with Gasteiger partial charge in [-0.25, -0.2) is 0 Å². The lowest BCUT2D eigenvalue weighted by Crippen LogP contribution is -2.32. The fourth-order valence-electron chi connectivity index (χ4n) is 6.36. The first-order valence-corrected chi connectivity index (χ1v) is 11.1. The highest BCUT2D eigenvalue weighted by Gasteiger charge is 2.38. The van der Waals surface area contributed by atoms with Crippen molar-refractivity contribution in [1.82, 2.24) is 0 Å². The lowest BCUT2D eigenvalue weighted by Gasteiger charge is -2.42. The molecule has 3 fully saturated rings. The smallest absolute Gasteiger partial charge is 0.0689 e. The normalized spacial score (nSPS) is 44.0. The Bertz CT molecular complexity index is 410. The van der Waals surface area contributed by atoms with E-state index in [4.69, 9.17) is 0 Å². The quantitative estimate of drug-likeness (QED) is 0.538. The van der Waals surface area contributed by atoms with Crippen molar-refractivity contribution < 1.29 is 0 Å². The van der Waals surface area contributed by atoms with E-state index in [1.54, 1.807) is 0 Å². The van der Waals surface area contributed by atoms with E-state index in [1.807, 2.05) is 0 Å². The van der Waals surface area contributed by atoms with Crippen LogP contribution in [0.2, 0.25) is 0 Å². The van der Waals surface area contributed by atoms with Gasteiger partial charge in [0.2, 0.25) is 0 Å². The molecule has 0 radical (unpaired) electrons. The molecule has 0 atom stereocenters. The van der Waals surface area contributed by atoms with Crippen LogP contribution in [0.3, 0.4) is 0 Å². The molecule has 0 aromatic rings. The van der Waals surface area contributed by atoms with E-state index in [9.17, 15) is 5.26 Å². The number of hydrogen-bond acceptors (Lipinski definition) is 1. The van der Waals surface area contributed by atoms with Crippen LogP contribution in [0, 0.1) is 46.3 Å². The highest BCUT2D eigenvalue weighted by atomic mass is 14.4. The van der Waals surface area contributed by atoms with E-state index in [2.05, 4.69) is 19.9 Å². The van der Waals surface area contributed by atoms with Crippen LogP contribution >= 0.6 is 0 Å². The Balaban J connectivity index is 1.42. The molecule has 0 amide bonds. The first-order valence-electron chi connectivity index (χ1n) is 11.1. The van der Waals surface area contributed by atoms with E-state index < -0.39 is 0 Å². The van der Waals surface area contributed by atoms with Crippen LogP contribution in [-0.4, -0.2) is 0 Å². The lowest BCUT2D eigenvalue weighted by molar-refractivity contribution is 0.0923. The summed E-state index contributed by atoms with van der Waals surface area (Å²) < 4.78 is 0. The topological polar surface area (TPSA) is 23.8 Å². The zero-order valence-electron chi connectivity index (χ0n) is 16.2. The third kappa shape index (κ3) is 4.00. The molecule has 3 rings (SSSR count). The Kier molecular flexibility index (Phi) is 6.28. The SMILES string of the molecule is CC[C@H]1CC[C@H](C2CCC([C@H]3CC[C@@](C#N)(CC)CC3)CC2)CC1. The summed E-state index contributed by atoms with van der Waals surface area (Å²) in [5, 5.41) is 9.50. The van der Waals surface area contributed by atoms with Crippen molar-refractivity contribution in [3.63, 3.8) is 0 Å². The van der Waals surface area contributed by atoms with Crippen LogP contribution in [0.4, 0.5) is 0 Å². The maximum Gasteiger partial charge on any atom is 0.0689 e. The molecule has 0 aliphatic heterocycles. The molecule has 0 heterocycles. The van der Waals surface area contributed by atoms with Gasteiger partial charge >= 0.3 is 0 Å². The maximum absolute atomic E-state index is 9.50. The van der Waals surface area contributed by atoms with E-state index in [1.165, 1.54) is 83.5 Å². The number of hydrogen-bond donors (Lipinski definition) is 0. The van der Waals surface area contributed by atoms with Crippen LogP contribution in [0.25, 0.3) is 0 Å². The van der Waals surface area contributed by atoms with Crippen molar-refractivity contribution in [3.8, 4) is 6.07 Å². The first kappa shape index (κ1) is 18.3. The van der Waals surface area contributed by atoms with Gasteiger partial charge in [0.25, 0.3) is 0 Å². The summed E-state index contributed by atoms with van der Waals surface area (Å²) in [7, 11) is 0. The molecule has 0 N–H and O–H groups in total. The number of rotatable bonds is 4. The number of nitrogens with zero attached hydrogens (tertiary/aromatic N) is 1. The molecular formula is C23H39N. The summed E-state index contributed by atoms with van der Waals surface area (Å²) in [6.07, 6.45) is 19.6. The molecule has 0 aromatic carbocycles. The molecule has 0 aromatic heterocycles. The zero-order valence-corrected chi connectivity index (χ0v) is 16.2. The minimum atomic E-state index is 0.0334. The van der Waals surface area contributed by atoms with E-state index >= 15 is 0 Å². The van der Waals surface area contributed by atoms with Gasteiger partial charge in [-0.05, 0) is 100 Å². The molecule has 1 nitrogen and oxygen atoms in total. The highest BCUT2D eigenvalue weighted by Crippen LogP contribution is 2.48. The first-order chi connectivity index (χ1) is 11.7. The van der Waals surface area contributed by atoms with Crippen molar-refractivity contribution in [2.75, 3.05) is 0 Å². The van der Waals surface area contributed by atoms with Crippen molar-refractivity contribution in [1.29, 1.82) is 5.26 Å². The molecule has 3 aliphatic rings. The fourth-order valence-corrected chi connectivity index (χ4v) is 6.36. The average Bonchev–Trinajstić information content (AvgIpc) is 2.68. The van der Waals surface area contributed by atoms with Gasteiger partial charge in [0.1, 0.15) is 0 Å². The zero-order chi connectivity index (χ0) is 17.0. The minimum Gasteiger partial charge on any atom is -0.198 e. The van der Waals surface area contributed by atoms with Crippen LogP contribution in [0.1, 0.15) is 104 Å². The fraction of sp³-hybridized carbons (Fsp3) is 0.957. The van der Waals surface area contributed by atoms with Gasteiger partial charge in [0.05, 0.1) is 11.5 Å². The minimum absolute atomic E-state index is 0.0334. The Labute approximate surface area is 150 Å². The standard InChI is InChI=1S/C23H39N/c1-3-18-5-7-19(8-6-18)20-9-11-21(12-10-20)22-13-15-23(4-2,17-24)16-14-22/h18-22H,3-16H2,1-2H3/t18-,19-,20?,21?,22-,23-. The molecule has 136 valence electrons. The van der Waals surface area contributed by atoms with Crippen molar-refractivity contribution in [2.45, 2.75) is 104 Å². The maximum atomic E-state index is 9.50. The van der Waals surface area contributed by atoms with Crippen LogP contribution in [0.15, 0.2) is 0 Å². The molecule has 3 aliphatic carbocycles. The Morgan fingerprint density at radius 3 is 1.50 bits per heavy atom. The molecule has 0 bridgehead atoms. The molecule has 1 heteroatoms. The van der Waals surface area contributed by atoms with Crippen molar-refractivity contribution in [3.05, 3.63) is 0 Å². The third-order valence-corrected chi connectivity index (χ3v) is 8.52. The van der Waals surface area contributed by atoms with E-state index in [0.29, 0.717) is 0 Å². The summed E-state index contributed by atoms with van der Waals surface area (Å²) in [6.45, 7) is 4.59. The van der Waals surface area contributed by atoms with Gasteiger partial charge in [-0.3, -0.25) is 0 Å². The van der Waals surface area contributed by atoms with Crippen molar-refractivity contribution in [2.24, 2.45) is 35.0 Å². The Morgan fingerprint density at radius 1 is 0.708 bits per heavy atom. The van der Waals surface area contributed by atoms with Gasteiger partial charge in [-0.1, -0.05) is 33.1 Å². The van der Waals surface area contributed by atoms with Gasteiger partial charge < -0.3 is 0 Å². The molecule has 0 unspecified atom stereocenters. The van der Waals surface area contributed by atoms with Gasteiger partial charge in [-0.15, -0.1) is 0 Å². The monoisotopic (exact) mass is 329 g/mol. The average molecular weight is 330 g/mol. The summed E-state index contributed by atoms with van der Waals surface area (Å²) in [6, 6.07) is 2.65. The summed E-state index contributed by atoms with van der Waals surface area (Å²) >= 11 is 0. The predicted molar refractivity (Wildman–Crippen MR) is 101 cm³/mol.